The molecule has 0 saturated carbocycles. The van der Waals surface area contributed by atoms with Crippen molar-refractivity contribution in [2.75, 3.05) is 25.0 Å². The van der Waals surface area contributed by atoms with Crippen LogP contribution in [0.15, 0.2) is 30.6 Å². The van der Waals surface area contributed by atoms with Gasteiger partial charge >= 0.3 is 0 Å². The van der Waals surface area contributed by atoms with Gasteiger partial charge in [0.15, 0.2) is 0 Å². The average Bonchev–Trinajstić information content (AvgIpc) is 3.08. The van der Waals surface area contributed by atoms with Crippen molar-refractivity contribution >= 4 is 17.1 Å². The van der Waals surface area contributed by atoms with Crippen molar-refractivity contribution in [2.45, 2.75) is 25.8 Å². The maximum atomic E-state index is 10.8. The quantitative estimate of drug-likeness (QED) is 0.641. The number of nitriles is 1. The van der Waals surface area contributed by atoms with Crippen LogP contribution in [0.4, 0.5) is 17.1 Å². The van der Waals surface area contributed by atoms with Gasteiger partial charge in [-0.2, -0.15) is 10.4 Å². The van der Waals surface area contributed by atoms with Gasteiger partial charge < -0.3 is 10.2 Å². The first-order valence-corrected chi connectivity index (χ1v) is 8.36. The Bertz CT molecular complexity index is 789. The van der Waals surface area contributed by atoms with E-state index in [9.17, 15) is 15.4 Å². The van der Waals surface area contributed by atoms with Gasteiger partial charge in [0.2, 0.25) is 0 Å². The standard InChI is InChI=1S/C17H20N6O2/c18-11-14-10-16(23(24)25)4-5-17(14)20-15-12-19-22(13-15)9-8-21-6-2-1-3-7-21/h4-5,10,12-13,20H,1-3,6-9H2. The molecule has 0 bridgehead atoms. The first-order valence-electron chi connectivity index (χ1n) is 8.36. The molecule has 0 unspecified atom stereocenters. The number of nitrogens with zero attached hydrogens (tertiary/aromatic N) is 5. The molecular formula is C17H20N6O2. The Labute approximate surface area is 145 Å². The fraction of sp³-hybridized carbons (Fsp3) is 0.412. The Balaban J connectivity index is 1.63. The van der Waals surface area contributed by atoms with E-state index in [0.29, 0.717) is 5.69 Å². The fourth-order valence-electron chi connectivity index (χ4n) is 2.98. The number of non-ortho nitro benzene ring substituents is 1. The number of hydrogen-bond acceptors (Lipinski definition) is 6. The molecule has 0 radical (unpaired) electrons. The lowest BCUT2D eigenvalue weighted by Crippen LogP contribution is -2.32. The normalized spacial score (nSPS) is 14.8. The van der Waals surface area contributed by atoms with Gasteiger partial charge in [0.1, 0.15) is 6.07 Å². The van der Waals surface area contributed by atoms with E-state index in [1.54, 1.807) is 12.3 Å². The summed E-state index contributed by atoms with van der Waals surface area (Å²) in [5, 5.41) is 27.4. The van der Waals surface area contributed by atoms with Crippen molar-refractivity contribution in [2.24, 2.45) is 0 Å². The third-order valence-corrected chi connectivity index (χ3v) is 4.34. The SMILES string of the molecule is N#Cc1cc([N+](=O)[O-])ccc1Nc1cnn(CCN2CCCCC2)c1. The summed E-state index contributed by atoms with van der Waals surface area (Å²) >= 11 is 0. The van der Waals surface area contributed by atoms with E-state index in [4.69, 9.17) is 0 Å². The molecule has 0 amide bonds. The van der Waals surface area contributed by atoms with Crippen LogP contribution in [-0.4, -0.2) is 39.2 Å². The minimum absolute atomic E-state index is 0.0978. The molecule has 0 aliphatic carbocycles. The predicted molar refractivity (Wildman–Crippen MR) is 93.6 cm³/mol. The lowest BCUT2D eigenvalue weighted by molar-refractivity contribution is -0.384. The van der Waals surface area contributed by atoms with Gasteiger partial charge in [0.25, 0.3) is 5.69 Å². The average molecular weight is 340 g/mol. The van der Waals surface area contributed by atoms with Crippen molar-refractivity contribution < 1.29 is 4.92 Å². The molecule has 1 saturated heterocycles. The van der Waals surface area contributed by atoms with Crippen LogP contribution in [0.25, 0.3) is 0 Å². The van der Waals surface area contributed by atoms with Crippen molar-refractivity contribution in [3.05, 3.63) is 46.3 Å². The van der Waals surface area contributed by atoms with Crippen molar-refractivity contribution in [1.82, 2.24) is 14.7 Å². The van der Waals surface area contributed by atoms with Gasteiger partial charge in [0, 0.05) is 24.9 Å². The lowest BCUT2D eigenvalue weighted by atomic mass is 10.1. The largest absolute Gasteiger partial charge is 0.352 e. The summed E-state index contributed by atoms with van der Waals surface area (Å²) in [5.74, 6) is 0. The Morgan fingerprint density at radius 3 is 2.80 bits per heavy atom. The highest BCUT2D eigenvalue weighted by atomic mass is 16.6. The van der Waals surface area contributed by atoms with Crippen molar-refractivity contribution in [1.29, 1.82) is 5.26 Å². The zero-order valence-electron chi connectivity index (χ0n) is 13.9. The molecule has 1 aliphatic heterocycles. The molecule has 130 valence electrons. The van der Waals surface area contributed by atoms with E-state index < -0.39 is 4.92 Å². The third kappa shape index (κ3) is 4.33. The van der Waals surface area contributed by atoms with Crippen LogP contribution in [0.1, 0.15) is 24.8 Å². The minimum atomic E-state index is -0.511. The summed E-state index contributed by atoms with van der Waals surface area (Å²) in [7, 11) is 0. The van der Waals surface area contributed by atoms with Crippen molar-refractivity contribution in [3.63, 3.8) is 0 Å². The fourth-order valence-corrected chi connectivity index (χ4v) is 2.98. The van der Waals surface area contributed by atoms with Gasteiger partial charge in [-0.3, -0.25) is 14.8 Å². The van der Waals surface area contributed by atoms with Gasteiger partial charge in [-0.05, 0) is 32.0 Å². The summed E-state index contributed by atoms with van der Waals surface area (Å²) < 4.78 is 1.87. The van der Waals surface area contributed by atoms with Gasteiger partial charge in [-0.15, -0.1) is 0 Å². The monoisotopic (exact) mass is 340 g/mol. The molecule has 25 heavy (non-hydrogen) atoms. The van der Waals surface area contributed by atoms with E-state index in [1.807, 2.05) is 16.9 Å². The zero-order valence-corrected chi connectivity index (χ0v) is 13.9. The lowest BCUT2D eigenvalue weighted by Gasteiger charge is -2.26. The molecule has 8 heteroatoms. The summed E-state index contributed by atoms with van der Waals surface area (Å²) in [6, 6.07) is 6.17. The van der Waals surface area contributed by atoms with E-state index in [0.717, 1.165) is 31.9 Å². The Morgan fingerprint density at radius 1 is 1.28 bits per heavy atom. The molecule has 1 aromatic carbocycles. The number of hydrogen-bond donors (Lipinski definition) is 1. The van der Waals surface area contributed by atoms with Crippen LogP contribution >= 0.6 is 0 Å². The van der Waals surface area contributed by atoms with Crippen LogP contribution < -0.4 is 5.32 Å². The van der Waals surface area contributed by atoms with E-state index >= 15 is 0 Å². The Morgan fingerprint density at radius 2 is 2.08 bits per heavy atom. The second kappa shape index (κ2) is 7.77. The van der Waals surface area contributed by atoms with Crippen LogP contribution in [0.2, 0.25) is 0 Å². The van der Waals surface area contributed by atoms with Gasteiger partial charge in [-0.1, -0.05) is 6.42 Å². The number of piperidine rings is 1. The highest BCUT2D eigenvalue weighted by Gasteiger charge is 2.12. The Kier molecular flexibility index (Phi) is 5.26. The van der Waals surface area contributed by atoms with Crippen LogP contribution in [0.5, 0.6) is 0 Å². The summed E-state index contributed by atoms with van der Waals surface area (Å²) in [5.41, 5.74) is 1.42. The number of likely N-dealkylation sites (tertiary alicyclic amines) is 1. The number of nitro benzene ring substituents is 1. The van der Waals surface area contributed by atoms with E-state index in [1.165, 1.54) is 31.4 Å². The highest BCUT2D eigenvalue weighted by molar-refractivity contribution is 5.67. The molecule has 2 heterocycles. The maximum Gasteiger partial charge on any atom is 0.270 e. The topological polar surface area (TPSA) is 100 Å². The maximum absolute atomic E-state index is 10.8. The molecular weight excluding hydrogens is 320 g/mol. The van der Waals surface area contributed by atoms with Gasteiger partial charge in [0.05, 0.1) is 34.6 Å². The Hall–Kier alpha value is -2.92. The summed E-state index contributed by atoms with van der Waals surface area (Å²) in [6.07, 6.45) is 7.43. The number of nitro groups is 1. The number of benzene rings is 1. The third-order valence-electron chi connectivity index (χ3n) is 4.34. The smallest absolute Gasteiger partial charge is 0.270 e. The molecule has 8 nitrogen and oxygen atoms in total. The highest BCUT2D eigenvalue weighted by Crippen LogP contribution is 2.24. The number of aromatic nitrogens is 2. The molecule has 0 atom stereocenters. The molecule has 1 fully saturated rings. The molecule has 1 aliphatic rings. The summed E-state index contributed by atoms with van der Waals surface area (Å²) in [6.45, 7) is 4.09. The van der Waals surface area contributed by atoms with Crippen LogP contribution in [-0.2, 0) is 6.54 Å². The van der Waals surface area contributed by atoms with Crippen LogP contribution in [0, 0.1) is 21.4 Å². The summed E-state index contributed by atoms with van der Waals surface area (Å²) in [4.78, 5) is 12.7. The second-order valence-electron chi connectivity index (χ2n) is 6.12. The van der Waals surface area contributed by atoms with Crippen LogP contribution in [0.3, 0.4) is 0 Å². The number of rotatable bonds is 6. The predicted octanol–water partition coefficient (Wildman–Crippen LogP) is 2.89. The molecule has 0 spiro atoms. The molecule has 1 N–H and O–H groups in total. The first kappa shape index (κ1) is 16.9. The number of nitrogens with one attached hydrogen (secondary N) is 1. The first-order chi connectivity index (χ1) is 12.2. The van der Waals surface area contributed by atoms with E-state index in [2.05, 4.69) is 15.3 Å². The van der Waals surface area contributed by atoms with Crippen molar-refractivity contribution in [3.8, 4) is 6.07 Å². The number of anilines is 2. The van der Waals surface area contributed by atoms with E-state index in [-0.39, 0.29) is 11.3 Å². The zero-order chi connectivity index (χ0) is 17.6. The second-order valence-corrected chi connectivity index (χ2v) is 6.12. The van der Waals surface area contributed by atoms with Gasteiger partial charge in [-0.25, -0.2) is 0 Å². The molecule has 2 aromatic rings. The molecule has 1 aromatic heterocycles. The molecule has 3 rings (SSSR count). The minimum Gasteiger partial charge on any atom is -0.352 e.